The number of hydrogen-bond donors (Lipinski definition) is 1. The Kier molecular flexibility index (Phi) is 5.40. The van der Waals surface area contributed by atoms with Gasteiger partial charge in [-0.2, -0.15) is 0 Å². The Morgan fingerprint density at radius 3 is 3.13 bits per heavy atom. The van der Waals surface area contributed by atoms with E-state index in [1.54, 1.807) is 11.3 Å². The summed E-state index contributed by atoms with van der Waals surface area (Å²) in [5.74, 6) is 1.62. The molecule has 3 heterocycles. The van der Waals surface area contributed by atoms with Gasteiger partial charge in [0, 0.05) is 18.8 Å². The van der Waals surface area contributed by atoms with E-state index in [0.29, 0.717) is 17.7 Å². The van der Waals surface area contributed by atoms with E-state index in [2.05, 4.69) is 25.4 Å². The number of likely N-dealkylation sites (tertiary alicyclic amines) is 1. The van der Waals surface area contributed by atoms with Crippen LogP contribution in [0.2, 0.25) is 0 Å². The fraction of sp³-hybridized carbons (Fsp3) is 0.562. The summed E-state index contributed by atoms with van der Waals surface area (Å²) in [7, 11) is 0. The van der Waals surface area contributed by atoms with Gasteiger partial charge in [-0.1, -0.05) is 17.4 Å². The first kappa shape index (κ1) is 16.1. The zero-order chi connectivity index (χ0) is 16.1. The minimum Gasteiger partial charge on any atom is -0.469 e. The van der Waals surface area contributed by atoms with Gasteiger partial charge >= 0.3 is 0 Å². The van der Waals surface area contributed by atoms with Gasteiger partial charge < -0.3 is 10.1 Å². The first-order chi connectivity index (χ1) is 11.2. The largest absolute Gasteiger partial charge is 0.469 e. The lowest BCUT2D eigenvalue weighted by atomic mass is 10.1. The standard InChI is InChI=1S/C16H23N5OS/c1-3-22-16-20-19-15(23-16)11-21-8-7-13(10-21)9-17-14-6-4-5-12(2)18-14/h4-6,13H,3,7-11H2,1-2H3,(H,17,18). The number of aryl methyl sites for hydroxylation is 1. The van der Waals surface area contributed by atoms with Crippen LogP contribution in [0.3, 0.4) is 0 Å². The van der Waals surface area contributed by atoms with Gasteiger partial charge in [0.05, 0.1) is 13.2 Å². The van der Waals surface area contributed by atoms with Crippen molar-refractivity contribution in [3.05, 3.63) is 28.9 Å². The molecular formula is C16H23N5OS. The highest BCUT2D eigenvalue weighted by Gasteiger charge is 2.23. The van der Waals surface area contributed by atoms with Crippen LogP contribution in [0.1, 0.15) is 24.0 Å². The number of pyridine rings is 1. The summed E-state index contributed by atoms with van der Waals surface area (Å²) in [5.41, 5.74) is 1.05. The second-order valence-electron chi connectivity index (χ2n) is 5.83. The predicted octanol–water partition coefficient (Wildman–Crippen LogP) is 2.57. The van der Waals surface area contributed by atoms with Crippen LogP contribution in [0.25, 0.3) is 0 Å². The van der Waals surface area contributed by atoms with Gasteiger partial charge in [0.25, 0.3) is 5.19 Å². The third-order valence-electron chi connectivity index (χ3n) is 3.91. The van der Waals surface area contributed by atoms with Crippen LogP contribution in [0.15, 0.2) is 18.2 Å². The summed E-state index contributed by atoms with van der Waals surface area (Å²) in [6.07, 6.45) is 1.20. The van der Waals surface area contributed by atoms with E-state index in [-0.39, 0.29) is 0 Å². The topological polar surface area (TPSA) is 63.2 Å². The molecular weight excluding hydrogens is 310 g/mol. The van der Waals surface area contributed by atoms with E-state index in [4.69, 9.17) is 4.74 Å². The van der Waals surface area contributed by atoms with E-state index < -0.39 is 0 Å². The Bertz CT molecular complexity index is 632. The van der Waals surface area contributed by atoms with Crippen molar-refractivity contribution in [2.24, 2.45) is 5.92 Å². The molecule has 0 aliphatic carbocycles. The highest BCUT2D eigenvalue weighted by Crippen LogP contribution is 2.23. The molecule has 0 saturated carbocycles. The molecule has 2 aromatic heterocycles. The van der Waals surface area contributed by atoms with E-state index in [0.717, 1.165) is 42.7 Å². The average Bonchev–Trinajstić information content (AvgIpc) is 3.16. The van der Waals surface area contributed by atoms with Crippen LogP contribution >= 0.6 is 11.3 Å². The Morgan fingerprint density at radius 1 is 1.39 bits per heavy atom. The lowest BCUT2D eigenvalue weighted by Gasteiger charge is -2.15. The molecule has 1 aliphatic heterocycles. The minimum atomic E-state index is 0.638. The molecule has 6 nitrogen and oxygen atoms in total. The van der Waals surface area contributed by atoms with Crippen LogP contribution in [0.4, 0.5) is 5.82 Å². The van der Waals surface area contributed by atoms with Gasteiger partial charge in [0.15, 0.2) is 0 Å². The summed E-state index contributed by atoms with van der Waals surface area (Å²) in [6, 6.07) is 6.08. The number of aromatic nitrogens is 3. The van der Waals surface area contributed by atoms with Crippen molar-refractivity contribution in [1.82, 2.24) is 20.1 Å². The molecule has 23 heavy (non-hydrogen) atoms. The smallest absolute Gasteiger partial charge is 0.294 e. The molecule has 0 aromatic carbocycles. The molecule has 0 radical (unpaired) electrons. The SMILES string of the molecule is CCOc1nnc(CN2CCC(CNc3cccc(C)n3)C2)s1. The number of nitrogens with one attached hydrogen (secondary N) is 1. The van der Waals surface area contributed by atoms with Crippen molar-refractivity contribution in [2.45, 2.75) is 26.8 Å². The molecule has 7 heteroatoms. The summed E-state index contributed by atoms with van der Waals surface area (Å²) in [4.78, 5) is 6.92. The van der Waals surface area contributed by atoms with Crippen LogP contribution in [-0.4, -0.2) is 46.3 Å². The van der Waals surface area contributed by atoms with Crippen molar-refractivity contribution >= 4 is 17.2 Å². The molecule has 1 unspecified atom stereocenters. The second kappa shape index (κ2) is 7.70. The lowest BCUT2D eigenvalue weighted by Crippen LogP contribution is -2.22. The van der Waals surface area contributed by atoms with Gasteiger partial charge in [-0.05, 0) is 44.9 Å². The van der Waals surface area contributed by atoms with Crippen molar-refractivity contribution in [2.75, 3.05) is 31.6 Å². The van der Waals surface area contributed by atoms with E-state index in [1.807, 2.05) is 32.0 Å². The third kappa shape index (κ3) is 4.62. The first-order valence-corrected chi connectivity index (χ1v) is 8.89. The lowest BCUT2D eigenvalue weighted by molar-refractivity contribution is 0.317. The fourth-order valence-electron chi connectivity index (χ4n) is 2.79. The number of anilines is 1. The number of nitrogens with zero attached hydrogens (tertiary/aromatic N) is 4. The second-order valence-corrected chi connectivity index (χ2v) is 6.85. The molecule has 0 bridgehead atoms. The Morgan fingerprint density at radius 2 is 2.30 bits per heavy atom. The molecule has 1 aliphatic rings. The molecule has 3 rings (SSSR count). The van der Waals surface area contributed by atoms with Crippen LogP contribution < -0.4 is 10.1 Å². The molecule has 2 aromatic rings. The first-order valence-electron chi connectivity index (χ1n) is 8.08. The summed E-state index contributed by atoms with van der Waals surface area (Å²) in [5, 5.41) is 13.4. The Labute approximate surface area is 140 Å². The Balaban J connectivity index is 1.44. The van der Waals surface area contributed by atoms with Crippen LogP contribution in [0, 0.1) is 12.8 Å². The fourth-order valence-corrected chi connectivity index (χ4v) is 3.58. The van der Waals surface area contributed by atoms with Crippen LogP contribution in [-0.2, 0) is 6.54 Å². The number of rotatable bonds is 7. The molecule has 1 N–H and O–H groups in total. The molecule has 0 amide bonds. The summed E-state index contributed by atoms with van der Waals surface area (Å²) < 4.78 is 5.38. The Hall–Kier alpha value is -1.73. The highest BCUT2D eigenvalue weighted by molar-refractivity contribution is 7.13. The predicted molar refractivity (Wildman–Crippen MR) is 91.9 cm³/mol. The normalized spacial score (nSPS) is 18.3. The average molecular weight is 333 g/mol. The molecule has 0 spiro atoms. The maximum Gasteiger partial charge on any atom is 0.294 e. The van der Waals surface area contributed by atoms with E-state index in [1.165, 1.54) is 6.42 Å². The van der Waals surface area contributed by atoms with E-state index in [9.17, 15) is 0 Å². The van der Waals surface area contributed by atoms with Crippen molar-refractivity contribution in [1.29, 1.82) is 0 Å². The van der Waals surface area contributed by atoms with Crippen molar-refractivity contribution < 1.29 is 4.74 Å². The zero-order valence-corrected chi connectivity index (χ0v) is 14.5. The molecule has 1 atom stereocenters. The third-order valence-corrected chi connectivity index (χ3v) is 4.73. The molecule has 1 fully saturated rings. The molecule has 1 saturated heterocycles. The van der Waals surface area contributed by atoms with Gasteiger partial charge in [-0.15, -0.1) is 10.2 Å². The number of ether oxygens (including phenoxy) is 1. The number of hydrogen-bond acceptors (Lipinski definition) is 7. The van der Waals surface area contributed by atoms with E-state index >= 15 is 0 Å². The maximum absolute atomic E-state index is 5.38. The van der Waals surface area contributed by atoms with Gasteiger partial charge in [0.2, 0.25) is 0 Å². The van der Waals surface area contributed by atoms with Gasteiger partial charge in [-0.3, -0.25) is 4.90 Å². The van der Waals surface area contributed by atoms with Crippen LogP contribution in [0.5, 0.6) is 5.19 Å². The quantitative estimate of drug-likeness (QED) is 0.840. The monoisotopic (exact) mass is 333 g/mol. The van der Waals surface area contributed by atoms with Gasteiger partial charge in [0.1, 0.15) is 10.8 Å². The van der Waals surface area contributed by atoms with Crippen molar-refractivity contribution in [3.8, 4) is 5.19 Å². The summed E-state index contributed by atoms with van der Waals surface area (Å²) in [6.45, 7) is 8.64. The summed E-state index contributed by atoms with van der Waals surface area (Å²) >= 11 is 1.55. The maximum atomic E-state index is 5.38. The zero-order valence-electron chi connectivity index (χ0n) is 13.7. The highest BCUT2D eigenvalue weighted by atomic mass is 32.1. The van der Waals surface area contributed by atoms with Gasteiger partial charge in [-0.25, -0.2) is 4.98 Å². The van der Waals surface area contributed by atoms with Crippen molar-refractivity contribution in [3.63, 3.8) is 0 Å². The minimum absolute atomic E-state index is 0.638. The molecule has 124 valence electrons.